The molecule has 0 heterocycles. The van der Waals surface area contributed by atoms with Crippen LogP contribution < -0.4 is 5.73 Å². The van der Waals surface area contributed by atoms with E-state index < -0.39 is 40.2 Å². The van der Waals surface area contributed by atoms with Crippen molar-refractivity contribution < 1.29 is 22.4 Å². The molecule has 2 aromatic rings. The number of nitrogens with two attached hydrogens (primary N) is 1. The minimum absolute atomic E-state index is 0.0640. The standard InChI is InChI=1S/C13H7F4NO/c14-6-3-10(16)12(11(17)4-6)13(19)8-2-1-7(18)5-9(8)15/h1-5H,18H2. The van der Waals surface area contributed by atoms with Crippen molar-refractivity contribution in [3.8, 4) is 0 Å². The second kappa shape index (κ2) is 4.72. The first kappa shape index (κ1) is 13.1. The molecule has 2 aromatic carbocycles. The molecular formula is C13H7F4NO. The van der Waals surface area contributed by atoms with Crippen molar-refractivity contribution in [3.63, 3.8) is 0 Å². The number of carbonyl (C=O) groups excluding carboxylic acids is 1. The molecule has 0 bridgehead atoms. The van der Waals surface area contributed by atoms with Crippen LogP contribution in [0, 0.1) is 23.3 Å². The van der Waals surface area contributed by atoms with E-state index in [9.17, 15) is 22.4 Å². The maximum absolute atomic E-state index is 13.5. The number of ketones is 1. The molecule has 0 aliphatic rings. The molecular weight excluding hydrogens is 262 g/mol. The Morgan fingerprint density at radius 1 is 0.895 bits per heavy atom. The van der Waals surface area contributed by atoms with Gasteiger partial charge in [-0.3, -0.25) is 4.79 Å². The van der Waals surface area contributed by atoms with E-state index in [0.717, 1.165) is 12.1 Å². The molecule has 0 atom stereocenters. The zero-order chi connectivity index (χ0) is 14.2. The lowest BCUT2D eigenvalue weighted by molar-refractivity contribution is 0.102. The van der Waals surface area contributed by atoms with E-state index in [-0.39, 0.29) is 5.69 Å². The van der Waals surface area contributed by atoms with E-state index in [1.807, 2.05) is 0 Å². The summed E-state index contributed by atoms with van der Waals surface area (Å²) in [6.45, 7) is 0. The van der Waals surface area contributed by atoms with Crippen LogP contribution in [0.25, 0.3) is 0 Å². The summed E-state index contributed by atoms with van der Waals surface area (Å²) in [6, 6.07) is 3.79. The van der Waals surface area contributed by atoms with Crippen LogP contribution in [-0.2, 0) is 0 Å². The van der Waals surface area contributed by atoms with Gasteiger partial charge >= 0.3 is 0 Å². The number of anilines is 1. The van der Waals surface area contributed by atoms with Gasteiger partial charge in [-0.2, -0.15) is 0 Å². The smallest absolute Gasteiger partial charge is 0.201 e. The Hall–Kier alpha value is -2.37. The molecule has 2 nitrogen and oxygen atoms in total. The van der Waals surface area contributed by atoms with E-state index in [1.54, 1.807) is 0 Å². The highest BCUT2D eigenvalue weighted by Crippen LogP contribution is 2.21. The summed E-state index contributed by atoms with van der Waals surface area (Å²) in [6.07, 6.45) is 0. The van der Waals surface area contributed by atoms with E-state index in [2.05, 4.69) is 0 Å². The topological polar surface area (TPSA) is 43.1 Å². The number of hydrogen-bond donors (Lipinski definition) is 1. The van der Waals surface area contributed by atoms with Gasteiger partial charge in [0.1, 0.15) is 23.3 Å². The number of carbonyl (C=O) groups is 1. The third-order valence-electron chi connectivity index (χ3n) is 2.47. The molecule has 0 amide bonds. The fourth-order valence-electron chi connectivity index (χ4n) is 1.61. The third kappa shape index (κ3) is 2.42. The van der Waals surface area contributed by atoms with Crippen LogP contribution in [0.1, 0.15) is 15.9 Å². The number of hydrogen-bond acceptors (Lipinski definition) is 2. The normalized spacial score (nSPS) is 10.5. The van der Waals surface area contributed by atoms with Crippen LogP contribution >= 0.6 is 0 Å². The summed E-state index contributed by atoms with van der Waals surface area (Å²) in [5, 5.41) is 0. The predicted octanol–water partition coefficient (Wildman–Crippen LogP) is 3.06. The molecule has 0 unspecified atom stereocenters. The molecule has 0 aliphatic heterocycles. The highest BCUT2D eigenvalue weighted by Gasteiger charge is 2.22. The molecule has 0 saturated heterocycles. The van der Waals surface area contributed by atoms with Gasteiger partial charge in [-0.15, -0.1) is 0 Å². The number of rotatable bonds is 2. The Kier molecular flexibility index (Phi) is 3.25. The van der Waals surface area contributed by atoms with Crippen molar-refractivity contribution >= 4 is 11.5 Å². The summed E-state index contributed by atoms with van der Waals surface area (Å²) in [4.78, 5) is 11.8. The fourth-order valence-corrected chi connectivity index (χ4v) is 1.61. The van der Waals surface area contributed by atoms with Gasteiger partial charge in [-0.05, 0) is 18.2 Å². The Bertz CT molecular complexity index is 647. The van der Waals surface area contributed by atoms with E-state index in [1.165, 1.54) is 6.07 Å². The van der Waals surface area contributed by atoms with Crippen molar-refractivity contribution in [3.05, 3.63) is 64.7 Å². The molecule has 0 aliphatic carbocycles. The largest absolute Gasteiger partial charge is 0.399 e. The first-order valence-electron chi connectivity index (χ1n) is 5.14. The lowest BCUT2D eigenvalue weighted by atomic mass is 10.0. The van der Waals surface area contributed by atoms with E-state index in [4.69, 9.17) is 5.73 Å². The molecule has 0 radical (unpaired) electrons. The van der Waals surface area contributed by atoms with Crippen LogP contribution in [0.15, 0.2) is 30.3 Å². The minimum atomic E-state index is -1.39. The second-order valence-corrected chi connectivity index (χ2v) is 3.81. The fraction of sp³-hybridized carbons (Fsp3) is 0. The molecule has 98 valence electrons. The lowest BCUT2D eigenvalue weighted by Gasteiger charge is -2.06. The Morgan fingerprint density at radius 2 is 1.47 bits per heavy atom. The van der Waals surface area contributed by atoms with Gasteiger partial charge in [-0.1, -0.05) is 0 Å². The van der Waals surface area contributed by atoms with Crippen molar-refractivity contribution in [2.24, 2.45) is 0 Å². The molecule has 0 fully saturated rings. The van der Waals surface area contributed by atoms with Crippen molar-refractivity contribution in [1.82, 2.24) is 0 Å². The zero-order valence-corrected chi connectivity index (χ0v) is 9.38. The molecule has 2 rings (SSSR count). The van der Waals surface area contributed by atoms with Gasteiger partial charge in [-0.25, -0.2) is 17.6 Å². The highest BCUT2D eigenvalue weighted by atomic mass is 19.1. The number of nitrogen functional groups attached to an aromatic ring is 1. The third-order valence-corrected chi connectivity index (χ3v) is 2.47. The summed E-state index contributed by atoms with van der Waals surface area (Å²) in [5.41, 5.74) is 3.81. The zero-order valence-electron chi connectivity index (χ0n) is 9.38. The van der Waals surface area contributed by atoms with Gasteiger partial charge in [0.25, 0.3) is 0 Å². The highest BCUT2D eigenvalue weighted by molar-refractivity contribution is 6.09. The van der Waals surface area contributed by atoms with Gasteiger partial charge in [0.05, 0.1) is 11.1 Å². The van der Waals surface area contributed by atoms with Crippen LogP contribution in [-0.4, -0.2) is 5.78 Å². The van der Waals surface area contributed by atoms with Crippen LogP contribution in [0.5, 0.6) is 0 Å². The first-order chi connectivity index (χ1) is 8.90. The van der Waals surface area contributed by atoms with Crippen LogP contribution in [0.3, 0.4) is 0 Å². The number of benzene rings is 2. The summed E-state index contributed by atoms with van der Waals surface area (Å²) in [5.74, 6) is -6.16. The second-order valence-electron chi connectivity index (χ2n) is 3.81. The van der Waals surface area contributed by atoms with Crippen LogP contribution in [0.2, 0.25) is 0 Å². The molecule has 0 aromatic heterocycles. The first-order valence-corrected chi connectivity index (χ1v) is 5.14. The molecule has 0 saturated carbocycles. The predicted molar refractivity (Wildman–Crippen MR) is 60.6 cm³/mol. The average molecular weight is 269 g/mol. The summed E-state index contributed by atoms with van der Waals surface area (Å²) >= 11 is 0. The van der Waals surface area contributed by atoms with E-state index in [0.29, 0.717) is 12.1 Å². The molecule has 19 heavy (non-hydrogen) atoms. The Morgan fingerprint density at radius 3 is 2.00 bits per heavy atom. The lowest BCUT2D eigenvalue weighted by Crippen LogP contribution is -2.10. The van der Waals surface area contributed by atoms with Gasteiger partial charge in [0, 0.05) is 17.8 Å². The molecule has 6 heteroatoms. The van der Waals surface area contributed by atoms with Crippen LogP contribution in [0.4, 0.5) is 23.2 Å². The number of halogens is 4. The average Bonchev–Trinajstić information content (AvgIpc) is 2.26. The molecule has 0 spiro atoms. The minimum Gasteiger partial charge on any atom is -0.399 e. The maximum atomic E-state index is 13.5. The Labute approximate surface area is 105 Å². The Balaban J connectivity index is 2.56. The summed E-state index contributed by atoms with van der Waals surface area (Å²) in [7, 11) is 0. The quantitative estimate of drug-likeness (QED) is 0.517. The van der Waals surface area contributed by atoms with Gasteiger partial charge in [0.2, 0.25) is 5.78 Å². The van der Waals surface area contributed by atoms with Gasteiger partial charge in [0.15, 0.2) is 0 Å². The van der Waals surface area contributed by atoms with E-state index >= 15 is 0 Å². The van der Waals surface area contributed by atoms with Crippen molar-refractivity contribution in [1.29, 1.82) is 0 Å². The monoisotopic (exact) mass is 269 g/mol. The van der Waals surface area contributed by atoms with Crippen molar-refractivity contribution in [2.75, 3.05) is 5.73 Å². The molecule has 2 N–H and O–H groups in total. The SMILES string of the molecule is Nc1ccc(C(=O)c2c(F)cc(F)cc2F)c(F)c1. The maximum Gasteiger partial charge on any atom is 0.201 e. The van der Waals surface area contributed by atoms with Gasteiger partial charge < -0.3 is 5.73 Å². The summed E-state index contributed by atoms with van der Waals surface area (Å²) < 4.78 is 53.1. The van der Waals surface area contributed by atoms with Crippen molar-refractivity contribution in [2.45, 2.75) is 0 Å².